The zero-order valence-corrected chi connectivity index (χ0v) is 12.3. The fourth-order valence-corrected chi connectivity index (χ4v) is 2.40. The quantitative estimate of drug-likeness (QED) is 0.779. The van der Waals surface area contributed by atoms with Crippen LogP contribution in [-0.4, -0.2) is 18.6 Å². The van der Waals surface area contributed by atoms with Crippen LogP contribution in [0, 0.1) is 17.8 Å². The fraction of sp³-hybridized carbons (Fsp3) is 0.667. The molecule has 0 saturated heterocycles. The lowest BCUT2D eigenvalue weighted by molar-refractivity contribution is 0.304. The molecule has 3 nitrogen and oxygen atoms in total. The average Bonchev–Trinajstić information content (AvgIpc) is 2.31. The van der Waals surface area contributed by atoms with Crippen LogP contribution in [-0.2, 0) is 6.54 Å². The minimum Gasteiger partial charge on any atom is -0.384 e. The molecule has 1 aromatic rings. The molecular weight excluding hydrogens is 222 g/mol. The van der Waals surface area contributed by atoms with Crippen LogP contribution in [0.4, 0.5) is 5.69 Å². The van der Waals surface area contributed by atoms with E-state index in [1.165, 1.54) is 11.3 Å². The number of nitrogens with one attached hydrogen (secondary N) is 2. The molecule has 0 aliphatic rings. The Bertz CT molecular complexity index is 339. The molecule has 0 saturated carbocycles. The van der Waals surface area contributed by atoms with Gasteiger partial charge in [-0.1, -0.05) is 27.7 Å². The number of hydrogen-bond acceptors (Lipinski definition) is 3. The van der Waals surface area contributed by atoms with Gasteiger partial charge in [0.2, 0.25) is 0 Å². The molecule has 0 aromatic carbocycles. The van der Waals surface area contributed by atoms with Crippen molar-refractivity contribution < 1.29 is 0 Å². The predicted molar refractivity (Wildman–Crippen MR) is 78.7 cm³/mol. The maximum atomic E-state index is 4.18. The molecular formula is C15H27N3. The molecule has 3 heteroatoms. The average molecular weight is 249 g/mol. The van der Waals surface area contributed by atoms with E-state index in [2.05, 4.69) is 49.4 Å². The van der Waals surface area contributed by atoms with Crippen LogP contribution >= 0.6 is 0 Å². The van der Waals surface area contributed by atoms with Gasteiger partial charge in [-0.15, -0.1) is 0 Å². The molecule has 1 aromatic heterocycles. The summed E-state index contributed by atoms with van der Waals surface area (Å²) in [6, 6.07) is 2.06. The van der Waals surface area contributed by atoms with Crippen molar-refractivity contribution in [3.05, 3.63) is 24.0 Å². The molecule has 0 spiro atoms. The molecule has 0 radical (unpaired) electrons. The van der Waals surface area contributed by atoms with Gasteiger partial charge in [0.05, 0.1) is 0 Å². The number of aromatic nitrogens is 1. The van der Waals surface area contributed by atoms with E-state index in [4.69, 9.17) is 0 Å². The fourth-order valence-electron chi connectivity index (χ4n) is 2.40. The smallest absolute Gasteiger partial charge is 0.0416 e. The second kappa shape index (κ2) is 7.37. The summed E-state index contributed by atoms with van der Waals surface area (Å²) in [5.74, 6) is 2.10. The Labute approximate surface area is 111 Å². The van der Waals surface area contributed by atoms with Gasteiger partial charge in [0, 0.05) is 36.7 Å². The van der Waals surface area contributed by atoms with E-state index in [9.17, 15) is 0 Å². The Kier molecular flexibility index (Phi) is 6.13. The van der Waals surface area contributed by atoms with Crippen molar-refractivity contribution in [2.75, 3.05) is 18.9 Å². The summed E-state index contributed by atoms with van der Waals surface area (Å²) in [6.07, 6.45) is 3.78. The number of rotatable bonds is 7. The third kappa shape index (κ3) is 4.30. The van der Waals surface area contributed by atoms with E-state index < -0.39 is 0 Å². The zero-order valence-electron chi connectivity index (χ0n) is 12.3. The molecule has 102 valence electrons. The lowest BCUT2D eigenvalue weighted by Crippen LogP contribution is -2.25. The number of hydrogen-bond donors (Lipinski definition) is 2. The molecule has 1 rings (SSSR count). The molecule has 1 heterocycles. The topological polar surface area (TPSA) is 37.0 Å². The van der Waals surface area contributed by atoms with Gasteiger partial charge in [0.15, 0.2) is 0 Å². The summed E-state index contributed by atoms with van der Waals surface area (Å²) >= 11 is 0. The van der Waals surface area contributed by atoms with E-state index in [1.807, 2.05) is 19.4 Å². The third-order valence-electron chi connectivity index (χ3n) is 3.51. The maximum Gasteiger partial charge on any atom is 0.0416 e. The summed E-state index contributed by atoms with van der Waals surface area (Å²) in [7, 11) is 1.96. The second-order valence-electron chi connectivity index (χ2n) is 5.60. The van der Waals surface area contributed by atoms with Gasteiger partial charge < -0.3 is 10.6 Å². The number of nitrogens with zero attached hydrogens (tertiary/aromatic N) is 1. The minimum atomic E-state index is 0.695. The summed E-state index contributed by atoms with van der Waals surface area (Å²) in [5.41, 5.74) is 2.43. The highest BCUT2D eigenvalue weighted by atomic mass is 14.9. The van der Waals surface area contributed by atoms with Gasteiger partial charge >= 0.3 is 0 Å². The Morgan fingerprint density at radius 3 is 2.39 bits per heavy atom. The zero-order chi connectivity index (χ0) is 13.5. The lowest BCUT2D eigenvalue weighted by atomic mass is 9.85. The van der Waals surface area contributed by atoms with Crippen LogP contribution in [0.25, 0.3) is 0 Å². The molecule has 0 bridgehead atoms. The molecule has 0 aliphatic carbocycles. The molecule has 0 fully saturated rings. The van der Waals surface area contributed by atoms with Gasteiger partial charge in [0.1, 0.15) is 0 Å². The first-order valence-corrected chi connectivity index (χ1v) is 6.87. The molecule has 0 atom stereocenters. The first-order valence-electron chi connectivity index (χ1n) is 6.87. The van der Waals surface area contributed by atoms with Crippen LogP contribution in [0.1, 0.15) is 33.3 Å². The van der Waals surface area contributed by atoms with Gasteiger partial charge in [-0.25, -0.2) is 0 Å². The predicted octanol–water partition coefficient (Wildman–Crippen LogP) is 3.14. The lowest BCUT2D eigenvalue weighted by Gasteiger charge is -2.26. The van der Waals surface area contributed by atoms with Crippen molar-refractivity contribution in [2.24, 2.45) is 17.8 Å². The van der Waals surface area contributed by atoms with E-state index in [-0.39, 0.29) is 0 Å². The molecule has 0 unspecified atom stereocenters. The van der Waals surface area contributed by atoms with Gasteiger partial charge in [-0.2, -0.15) is 0 Å². The van der Waals surface area contributed by atoms with E-state index in [0.717, 1.165) is 13.1 Å². The SMILES string of the molecule is CNCc1cnccc1NCC(C(C)C)C(C)C. The van der Waals surface area contributed by atoms with Gasteiger partial charge in [-0.05, 0) is 30.9 Å². The monoisotopic (exact) mass is 249 g/mol. The summed E-state index contributed by atoms with van der Waals surface area (Å²) in [6.45, 7) is 11.1. The van der Waals surface area contributed by atoms with Crippen LogP contribution in [0.5, 0.6) is 0 Å². The number of anilines is 1. The molecule has 0 aliphatic heterocycles. The normalized spacial score (nSPS) is 11.6. The Balaban J connectivity index is 2.67. The van der Waals surface area contributed by atoms with E-state index in [1.54, 1.807) is 0 Å². The molecule has 0 amide bonds. The Morgan fingerprint density at radius 2 is 1.83 bits per heavy atom. The van der Waals surface area contributed by atoms with Crippen molar-refractivity contribution in [2.45, 2.75) is 34.2 Å². The standard InChI is InChI=1S/C15H27N3/c1-11(2)14(12(3)4)10-18-15-6-7-17-9-13(15)8-16-5/h6-7,9,11-12,14,16H,8,10H2,1-5H3,(H,17,18). The highest BCUT2D eigenvalue weighted by Crippen LogP contribution is 2.22. The second-order valence-corrected chi connectivity index (χ2v) is 5.60. The van der Waals surface area contributed by atoms with E-state index >= 15 is 0 Å². The van der Waals surface area contributed by atoms with Gasteiger partial charge in [0.25, 0.3) is 0 Å². The van der Waals surface area contributed by atoms with Crippen molar-refractivity contribution >= 4 is 5.69 Å². The van der Waals surface area contributed by atoms with Crippen molar-refractivity contribution in [3.8, 4) is 0 Å². The van der Waals surface area contributed by atoms with Crippen LogP contribution in [0.15, 0.2) is 18.5 Å². The summed E-state index contributed by atoms with van der Waals surface area (Å²) < 4.78 is 0. The highest BCUT2D eigenvalue weighted by molar-refractivity contribution is 5.49. The summed E-state index contributed by atoms with van der Waals surface area (Å²) in [4.78, 5) is 4.18. The Morgan fingerprint density at radius 1 is 1.17 bits per heavy atom. The third-order valence-corrected chi connectivity index (χ3v) is 3.51. The van der Waals surface area contributed by atoms with Crippen LogP contribution < -0.4 is 10.6 Å². The minimum absolute atomic E-state index is 0.695. The van der Waals surface area contributed by atoms with Crippen LogP contribution in [0.3, 0.4) is 0 Å². The van der Waals surface area contributed by atoms with Crippen molar-refractivity contribution in [1.29, 1.82) is 0 Å². The summed E-state index contributed by atoms with van der Waals surface area (Å²) in [5, 5.41) is 6.76. The van der Waals surface area contributed by atoms with Gasteiger partial charge in [-0.3, -0.25) is 4.98 Å². The first-order chi connectivity index (χ1) is 8.56. The number of pyridine rings is 1. The molecule has 18 heavy (non-hydrogen) atoms. The highest BCUT2D eigenvalue weighted by Gasteiger charge is 2.17. The Hall–Kier alpha value is -1.09. The van der Waals surface area contributed by atoms with E-state index in [0.29, 0.717) is 17.8 Å². The van der Waals surface area contributed by atoms with Crippen molar-refractivity contribution in [3.63, 3.8) is 0 Å². The van der Waals surface area contributed by atoms with Crippen LogP contribution in [0.2, 0.25) is 0 Å². The molecule has 2 N–H and O–H groups in total. The van der Waals surface area contributed by atoms with Crippen molar-refractivity contribution in [1.82, 2.24) is 10.3 Å². The largest absolute Gasteiger partial charge is 0.384 e. The first kappa shape index (κ1) is 15.0. The maximum absolute atomic E-state index is 4.18.